The molecule has 8 heteroatoms. The van der Waals surface area contributed by atoms with Gasteiger partial charge in [-0.2, -0.15) is 5.10 Å². The van der Waals surface area contributed by atoms with Gasteiger partial charge in [-0.3, -0.25) is 9.48 Å². The Morgan fingerprint density at radius 3 is 2.70 bits per heavy atom. The number of amides is 1. The van der Waals surface area contributed by atoms with E-state index < -0.39 is 11.5 Å². The van der Waals surface area contributed by atoms with Crippen LogP contribution in [0.2, 0.25) is 0 Å². The summed E-state index contributed by atoms with van der Waals surface area (Å²) in [5, 5.41) is 18.2. The largest absolute Gasteiger partial charge is 0.388 e. The molecular formula is C15H19F2N3O2S. The van der Waals surface area contributed by atoms with Gasteiger partial charge in [-0.05, 0) is 25.8 Å². The van der Waals surface area contributed by atoms with Crippen molar-refractivity contribution in [3.63, 3.8) is 0 Å². The van der Waals surface area contributed by atoms with E-state index in [4.69, 9.17) is 0 Å². The molecule has 126 valence electrons. The number of aliphatic hydroxyl groups is 1. The highest BCUT2D eigenvalue weighted by Crippen LogP contribution is 2.38. The van der Waals surface area contributed by atoms with E-state index in [2.05, 4.69) is 10.4 Å². The Kier molecular flexibility index (Phi) is 3.92. The van der Waals surface area contributed by atoms with E-state index >= 15 is 0 Å². The zero-order chi connectivity index (χ0) is 16.8. The van der Waals surface area contributed by atoms with Crippen molar-refractivity contribution in [2.24, 2.45) is 7.05 Å². The third-order valence-corrected chi connectivity index (χ3v) is 5.61. The number of fused-ring (bicyclic) bond motifs is 1. The van der Waals surface area contributed by atoms with Crippen molar-refractivity contribution in [1.82, 2.24) is 15.1 Å². The van der Waals surface area contributed by atoms with Crippen LogP contribution in [0, 0.1) is 6.92 Å². The quantitative estimate of drug-likeness (QED) is 0.900. The number of halogens is 2. The van der Waals surface area contributed by atoms with E-state index in [9.17, 15) is 18.7 Å². The number of nitrogens with one attached hydrogen (secondary N) is 1. The van der Waals surface area contributed by atoms with Crippen molar-refractivity contribution in [2.45, 2.75) is 44.1 Å². The summed E-state index contributed by atoms with van der Waals surface area (Å²) in [5.41, 5.74) is -0.392. The van der Waals surface area contributed by atoms with Gasteiger partial charge >= 0.3 is 0 Å². The molecule has 5 nitrogen and oxygen atoms in total. The lowest BCUT2D eigenvalue weighted by Crippen LogP contribution is -2.47. The van der Waals surface area contributed by atoms with Crippen LogP contribution in [0.1, 0.15) is 41.0 Å². The fraction of sp³-hybridized carbons (Fsp3) is 0.600. The van der Waals surface area contributed by atoms with Crippen molar-refractivity contribution in [2.75, 3.05) is 6.54 Å². The Labute approximate surface area is 136 Å². The molecule has 1 saturated carbocycles. The molecule has 2 heterocycles. The molecule has 0 bridgehead atoms. The normalized spacial score (nSPS) is 19.9. The van der Waals surface area contributed by atoms with E-state index in [1.165, 1.54) is 11.3 Å². The van der Waals surface area contributed by atoms with Gasteiger partial charge in [-0.15, -0.1) is 11.3 Å². The Bertz CT molecular complexity index is 709. The topological polar surface area (TPSA) is 67.2 Å². The Hall–Kier alpha value is -1.54. The lowest BCUT2D eigenvalue weighted by Gasteiger charge is -2.35. The number of aromatic nitrogens is 2. The lowest BCUT2D eigenvalue weighted by molar-refractivity contribution is -0.101. The Morgan fingerprint density at radius 2 is 2.09 bits per heavy atom. The van der Waals surface area contributed by atoms with Crippen LogP contribution in [0.3, 0.4) is 0 Å². The maximum atomic E-state index is 13.2. The maximum Gasteiger partial charge on any atom is 0.261 e. The number of hydrogen-bond donors (Lipinski definition) is 2. The van der Waals surface area contributed by atoms with Gasteiger partial charge in [0.25, 0.3) is 5.91 Å². The summed E-state index contributed by atoms with van der Waals surface area (Å²) in [4.78, 5) is 13.7. The monoisotopic (exact) mass is 343 g/mol. The van der Waals surface area contributed by atoms with Gasteiger partial charge in [0.05, 0.1) is 16.2 Å². The summed E-state index contributed by atoms with van der Waals surface area (Å²) < 4.78 is 28.1. The van der Waals surface area contributed by atoms with Crippen LogP contribution in [0.4, 0.5) is 8.78 Å². The summed E-state index contributed by atoms with van der Waals surface area (Å²) in [7, 11) is 1.82. The molecule has 0 saturated heterocycles. The van der Waals surface area contributed by atoms with Crippen LogP contribution >= 0.6 is 11.3 Å². The zero-order valence-electron chi connectivity index (χ0n) is 13.0. The van der Waals surface area contributed by atoms with E-state index in [1.54, 1.807) is 10.7 Å². The van der Waals surface area contributed by atoms with E-state index in [0.717, 1.165) is 15.9 Å². The van der Waals surface area contributed by atoms with Gasteiger partial charge in [0, 0.05) is 31.8 Å². The highest BCUT2D eigenvalue weighted by molar-refractivity contribution is 7.20. The summed E-state index contributed by atoms with van der Waals surface area (Å²) in [6, 6.07) is 1.77. The second kappa shape index (κ2) is 5.52. The van der Waals surface area contributed by atoms with Gasteiger partial charge < -0.3 is 10.4 Å². The zero-order valence-corrected chi connectivity index (χ0v) is 13.8. The molecule has 1 aliphatic carbocycles. The SMILES string of the molecule is Cc1nn(C)c2sc(C(=O)NCC3(O)CCC(F)(F)CC3)cc12. The molecule has 0 atom stereocenters. The molecule has 1 fully saturated rings. The van der Waals surface area contributed by atoms with Crippen LogP contribution in [-0.2, 0) is 7.05 Å². The number of nitrogens with zero attached hydrogens (tertiary/aromatic N) is 2. The van der Waals surface area contributed by atoms with E-state index in [1.807, 2.05) is 14.0 Å². The average Bonchev–Trinajstić information content (AvgIpc) is 3.03. The third-order valence-electron chi connectivity index (χ3n) is 4.41. The molecule has 0 aromatic carbocycles. The standard InChI is InChI=1S/C15H19F2N3O2S/c1-9-10-7-11(23-13(10)20(2)19-9)12(21)18-8-14(22)3-5-15(16,17)6-4-14/h7,22H,3-6,8H2,1-2H3,(H,18,21). The molecule has 2 N–H and O–H groups in total. The van der Waals surface area contributed by atoms with Crippen molar-refractivity contribution >= 4 is 27.5 Å². The van der Waals surface area contributed by atoms with Crippen LogP contribution < -0.4 is 5.32 Å². The average molecular weight is 343 g/mol. The van der Waals surface area contributed by atoms with Crippen molar-refractivity contribution in [1.29, 1.82) is 0 Å². The van der Waals surface area contributed by atoms with Crippen LogP contribution in [0.25, 0.3) is 10.2 Å². The Balaban J connectivity index is 1.66. The number of carbonyl (C=O) groups excluding carboxylic acids is 1. The summed E-state index contributed by atoms with van der Waals surface area (Å²) >= 11 is 1.32. The molecule has 0 aliphatic heterocycles. The fourth-order valence-electron chi connectivity index (χ4n) is 2.91. The minimum absolute atomic E-state index is 0.00424. The highest BCUT2D eigenvalue weighted by atomic mass is 32.1. The number of hydrogen-bond acceptors (Lipinski definition) is 4. The van der Waals surface area contributed by atoms with Crippen LogP contribution in [0.5, 0.6) is 0 Å². The number of carbonyl (C=O) groups is 1. The first-order chi connectivity index (χ1) is 10.7. The van der Waals surface area contributed by atoms with Crippen LogP contribution in [-0.4, -0.2) is 38.9 Å². The molecule has 0 spiro atoms. The first-order valence-electron chi connectivity index (χ1n) is 7.51. The number of alkyl halides is 2. The number of rotatable bonds is 3. The second-order valence-electron chi connectivity index (χ2n) is 6.30. The highest BCUT2D eigenvalue weighted by Gasteiger charge is 2.42. The molecule has 2 aromatic heterocycles. The number of thiophene rings is 1. The predicted molar refractivity (Wildman–Crippen MR) is 84.0 cm³/mol. The van der Waals surface area contributed by atoms with E-state index in [0.29, 0.717) is 4.88 Å². The molecule has 1 amide bonds. The smallest absolute Gasteiger partial charge is 0.261 e. The minimum Gasteiger partial charge on any atom is -0.388 e. The summed E-state index contributed by atoms with van der Waals surface area (Å²) in [5.74, 6) is -3.00. The first kappa shape index (κ1) is 16.3. The summed E-state index contributed by atoms with van der Waals surface area (Å²) in [6.45, 7) is 1.87. The molecular weight excluding hydrogens is 324 g/mol. The molecule has 3 rings (SSSR count). The van der Waals surface area contributed by atoms with Crippen molar-refractivity contribution in [3.05, 3.63) is 16.6 Å². The molecule has 23 heavy (non-hydrogen) atoms. The van der Waals surface area contributed by atoms with Gasteiger partial charge in [-0.25, -0.2) is 8.78 Å². The van der Waals surface area contributed by atoms with Gasteiger partial charge in [0.15, 0.2) is 0 Å². The van der Waals surface area contributed by atoms with Gasteiger partial charge in [-0.1, -0.05) is 0 Å². The van der Waals surface area contributed by atoms with Crippen LogP contribution in [0.15, 0.2) is 6.07 Å². The maximum absolute atomic E-state index is 13.2. The molecule has 2 aromatic rings. The second-order valence-corrected chi connectivity index (χ2v) is 7.33. The summed E-state index contributed by atoms with van der Waals surface area (Å²) in [6.07, 6.45) is -0.689. The van der Waals surface area contributed by atoms with Gasteiger partial charge in [0.1, 0.15) is 4.83 Å². The van der Waals surface area contributed by atoms with Crippen molar-refractivity contribution < 1.29 is 18.7 Å². The first-order valence-corrected chi connectivity index (χ1v) is 8.32. The fourth-order valence-corrected chi connectivity index (χ4v) is 3.95. The Morgan fingerprint density at radius 1 is 1.43 bits per heavy atom. The lowest BCUT2D eigenvalue weighted by atomic mass is 9.83. The van der Waals surface area contributed by atoms with E-state index in [-0.39, 0.29) is 38.1 Å². The molecule has 1 aliphatic rings. The van der Waals surface area contributed by atoms with Gasteiger partial charge in [0.2, 0.25) is 5.92 Å². The minimum atomic E-state index is -2.70. The predicted octanol–water partition coefficient (Wildman–Crippen LogP) is 2.61. The number of aryl methyl sites for hydroxylation is 2. The molecule has 0 radical (unpaired) electrons. The third kappa shape index (κ3) is 3.23. The molecule has 0 unspecified atom stereocenters. The van der Waals surface area contributed by atoms with Crippen molar-refractivity contribution in [3.8, 4) is 0 Å².